The number of rotatable bonds is 7. The molecule has 0 saturated heterocycles. The van der Waals surface area contributed by atoms with Gasteiger partial charge in [-0.25, -0.2) is 0 Å². The summed E-state index contributed by atoms with van der Waals surface area (Å²) in [7, 11) is 0. The molecule has 0 fully saturated rings. The summed E-state index contributed by atoms with van der Waals surface area (Å²) in [6, 6.07) is -0.173. The number of amides is 1. The predicted octanol–water partition coefficient (Wildman–Crippen LogP) is 2.17. The van der Waals surface area contributed by atoms with Crippen LogP contribution in [0.5, 0.6) is 0 Å². The summed E-state index contributed by atoms with van der Waals surface area (Å²) in [5.74, 6) is 0.252. The summed E-state index contributed by atoms with van der Waals surface area (Å²) >= 11 is 0. The molecule has 0 aromatic rings. The molecule has 94 valence electrons. The van der Waals surface area contributed by atoms with E-state index >= 15 is 0 Å². The smallest absolute Gasteiger partial charge is 0.239 e. The predicted molar refractivity (Wildman–Crippen MR) is 69.1 cm³/mol. The van der Waals surface area contributed by atoms with Gasteiger partial charge in [-0.05, 0) is 32.6 Å². The van der Waals surface area contributed by atoms with Crippen LogP contribution >= 0.6 is 0 Å². The topological polar surface area (TPSA) is 46.3 Å². The summed E-state index contributed by atoms with van der Waals surface area (Å²) < 4.78 is 0. The van der Waals surface area contributed by atoms with Crippen LogP contribution in [-0.4, -0.2) is 29.4 Å². The molecule has 16 heavy (non-hydrogen) atoms. The van der Waals surface area contributed by atoms with Gasteiger partial charge in [-0.2, -0.15) is 0 Å². The van der Waals surface area contributed by atoms with E-state index in [9.17, 15) is 4.79 Å². The van der Waals surface area contributed by atoms with Gasteiger partial charge < -0.3 is 10.6 Å². The molecule has 0 bridgehead atoms. The van der Waals surface area contributed by atoms with Crippen molar-refractivity contribution in [3.63, 3.8) is 0 Å². The van der Waals surface area contributed by atoms with Gasteiger partial charge in [0.15, 0.2) is 0 Å². The van der Waals surface area contributed by atoms with Crippen molar-refractivity contribution in [1.29, 1.82) is 0 Å². The minimum absolute atomic E-state index is 0.0639. The zero-order chi connectivity index (χ0) is 12.7. The molecule has 1 atom stereocenters. The van der Waals surface area contributed by atoms with E-state index in [0.717, 1.165) is 19.4 Å². The normalized spacial score (nSPS) is 12.9. The van der Waals surface area contributed by atoms with Gasteiger partial charge in [-0.3, -0.25) is 4.79 Å². The third-order valence-corrected chi connectivity index (χ3v) is 2.72. The number of allylic oxidation sites excluding steroid dienone is 1. The van der Waals surface area contributed by atoms with Gasteiger partial charge in [0.25, 0.3) is 0 Å². The van der Waals surface area contributed by atoms with Crippen LogP contribution < -0.4 is 5.73 Å². The van der Waals surface area contributed by atoms with Gasteiger partial charge in [0.2, 0.25) is 5.91 Å². The van der Waals surface area contributed by atoms with Crippen LogP contribution in [0.15, 0.2) is 12.7 Å². The molecule has 0 aliphatic heterocycles. The largest absolute Gasteiger partial charge is 0.339 e. The quantitative estimate of drug-likeness (QED) is 0.534. The number of nitrogens with two attached hydrogens (primary N) is 1. The number of nitrogens with zero attached hydrogens (tertiary/aromatic N) is 1. The van der Waals surface area contributed by atoms with Crippen LogP contribution in [-0.2, 0) is 4.79 Å². The molecule has 3 heteroatoms. The van der Waals surface area contributed by atoms with E-state index in [-0.39, 0.29) is 23.9 Å². The van der Waals surface area contributed by atoms with Crippen molar-refractivity contribution in [2.24, 2.45) is 11.7 Å². The summed E-state index contributed by atoms with van der Waals surface area (Å²) in [6.45, 7) is 12.5. The van der Waals surface area contributed by atoms with E-state index in [4.69, 9.17) is 5.73 Å². The highest BCUT2D eigenvalue weighted by Crippen LogP contribution is 2.08. The highest BCUT2D eigenvalue weighted by atomic mass is 16.2. The molecule has 3 nitrogen and oxygen atoms in total. The lowest BCUT2D eigenvalue weighted by Gasteiger charge is -2.30. The van der Waals surface area contributed by atoms with Gasteiger partial charge >= 0.3 is 0 Å². The molecule has 0 heterocycles. The molecule has 0 saturated carbocycles. The SMILES string of the molecule is C=CCCCN(C(=O)[C@@H](N)C(C)C)C(C)C. The molecule has 1 amide bonds. The van der Waals surface area contributed by atoms with E-state index in [1.165, 1.54) is 0 Å². The van der Waals surface area contributed by atoms with Crippen LogP contribution in [0.3, 0.4) is 0 Å². The summed E-state index contributed by atoms with van der Waals surface area (Å²) in [4.78, 5) is 14.0. The standard InChI is InChI=1S/C13H26N2O/c1-6-7-8-9-15(11(4)5)13(16)12(14)10(2)3/h6,10-12H,1,7-9,14H2,2-5H3/t12-/m0/s1. The maximum atomic E-state index is 12.1. The minimum atomic E-state index is -0.383. The number of carbonyl (C=O) groups excluding carboxylic acids is 1. The summed E-state index contributed by atoms with van der Waals surface area (Å²) in [6.07, 6.45) is 3.77. The molecule has 0 aliphatic carbocycles. The second-order valence-corrected chi connectivity index (χ2v) is 4.83. The Morgan fingerprint density at radius 3 is 2.31 bits per heavy atom. The first-order valence-electron chi connectivity index (χ1n) is 6.08. The van der Waals surface area contributed by atoms with Crippen molar-refractivity contribution in [1.82, 2.24) is 4.90 Å². The number of carbonyl (C=O) groups is 1. The van der Waals surface area contributed by atoms with E-state index in [0.29, 0.717) is 0 Å². The molecular formula is C13H26N2O. The van der Waals surface area contributed by atoms with E-state index in [1.54, 1.807) is 0 Å². The average Bonchev–Trinajstić information content (AvgIpc) is 2.21. The van der Waals surface area contributed by atoms with Gasteiger partial charge in [0, 0.05) is 12.6 Å². The minimum Gasteiger partial charge on any atom is -0.339 e. The fourth-order valence-electron chi connectivity index (χ4n) is 1.51. The lowest BCUT2D eigenvalue weighted by Crippen LogP contribution is -2.49. The van der Waals surface area contributed by atoms with Crippen molar-refractivity contribution in [2.45, 2.75) is 52.6 Å². The van der Waals surface area contributed by atoms with Gasteiger partial charge in [0.1, 0.15) is 0 Å². The molecular weight excluding hydrogens is 200 g/mol. The molecule has 0 radical (unpaired) electrons. The monoisotopic (exact) mass is 226 g/mol. The molecule has 0 rings (SSSR count). The van der Waals surface area contributed by atoms with Crippen LogP contribution in [0.4, 0.5) is 0 Å². The molecule has 0 aromatic carbocycles. The van der Waals surface area contributed by atoms with E-state index < -0.39 is 0 Å². The lowest BCUT2D eigenvalue weighted by molar-refractivity contribution is -0.135. The zero-order valence-corrected chi connectivity index (χ0v) is 11.1. The number of hydrogen-bond acceptors (Lipinski definition) is 2. The van der Waals surface area contributed by atoms with Crippen LogP contribution in [0, 0.1) is 5.92 Å². The zero-order valence-electron chi connectivity index (χ0n) is 11.1. The van der Waals surface area contributed by atoms with Crippen molar-refractivity contribution < 1.29 is 4.79 Å². The third kappa shape index (κ3) is 4.79. The van der Waals surface area contributed by atoms with E-state index in [2.05, 4.69) is 6.58 Å². The second-order valence-electron chi connectivity index (χ2n) is 4.83. The van der Waals surface area contributed by atoms with Crippen molar-refractivity contribution in [3.8, 4) is 0 Å². The Bertz CT molecular complexity index is 224. The van der Waals surface area contributed by atoms with Gasteiger partial charge in [-0.15, -0.1) is 6.58 Å². The Labute approximate surface area is 99.7 Å². The highest BCUT2D eigenvalue weighted by molar-refractivity contribution is 5.82. The van der Waals surface area contributed by atoms with Crippen molar-refractivity contribution in [3.05, 3.63) is 12.7 Å². The highest BCUT2D eigenvalue weighted by Gasteiger charge is 2.24. The molecule has 0 aromatic heterocycles. The molecule has 0 unspecified atom stereocenters. The number of unbranched alkanes of at least 4 members (excludes halogenated alkanes) is 1. The first-order chi connectivity index (χ1) is 7.41. The lowest BCUT2D eigenvalue weighted by atomic mass is 10.0. The first kappa shape index (κ1) is 15.2. The van der Waals surface area contributed by atoms with Crippen LogP contribution in [0.25, 0.3) is 0 Å². The van der Waals surface area contributed by atoms with Gasteiger partial charge in [-0.1, -0.05) is 19.9 Å². The Balaban J connectivity index is 4.40. The van der Waals surface area contributed by atoms with Crippen molar-refractivity contribution >= 4 is 5.91 Å². The van der Waals surface area contributed by atoms with Crippen LogP contribution in [0.2, 0.25) is 0 Å². The van der Waals surface area contributed by atoms with Crippen molar-refractivity contribution in [2.75, 3.05) is 6.54 Å². The van der Waals surface area contributed by atoms with Gasteiger partial charge in [0.05, 0.1) is 6.04 Å². The average molecular weight is 226 g/mol. The molecule has 0 aliphatic rings. The maximum Gasteiger partial charge on any atom is 0.239 e. The Morgan fingerprint density at radius 2 is 1.94 bits per heavy atom. The molecule has 2 N–H and O–H groups in total. The van der Waals surface area contributed by atoms with Crippen LogP contribution in [0.1, 0.15) is 40.5 Å². The summed E-state index contributed by atoms with van der Waals surface area (Å²) in [5, 5.41) is 0. The fraction of sp³-hybridized carbons (Fsp3) is 0.769. The Hall–Kier alpha value is -0.830. The fourth-order valence-corrected chi connectivity index (χ4v) is 1.51. The summed E-state index contributed by atoms with van der Waals surface area (Å²) in [5.41, 5.74) is 5.89. The van der Waals surface area contributed by atoms with E-state index in [1.807, 2.05) is 38.7 Å². The maximum absolute atomic E-state index is 12.1. The Morgan fingerprint density at radius 1 is 1.38 bits per heavy atom. The Kier molecular flexibility index (Phi) is 7.06. The number of hydrogen-bond donors (Lipinski definition) is 1. The second kappa shape index (κ2) is 7.44. The third-order valence-electron chi connectivity index (χ3n) is 2.72. The first-order valence-corrected chi connectivity index (χ1v) is 6.08. The molecule has 0 spiro atoms.